The van der Waals surface area contributed by atoms with Crippen molar-refractivity contribution < 1.29 is 5.11 Å². The van der Waals surface area contributed by atoms with Crippen molar-refractivity contribution >= 4 is 0 Å². The SMILES string of the molecule is CN1CC=C(O)N1. The molecule has 0 aromatic carbocycles. The highest BCUT2D eigenvalue weighted by molar-refractivity contribution is 4.94. The minimum absolute atomic E-state index is 0.252. The van der Waals surface area contributed by atoms with Crippen molar-refractivity contribution in [1.29, 1.82) is 0 Å². The largest absolute Gasteiger partial charge is 0.494 e. The predicted molar refractivity (Wildman–Crippen MR) is 26.5 cm³/mol. The van der Waals surface area contributed by atoms with Gasteiger partial charge in [0.2, 0.25) is 0 Å². The molecule has 2 N–H and O–H groups in total. The molecular formula is C4H8N2O. The lowest BCUT2D eigenvalue weighted by Gasteiger charge is -2.06. The maximum atomic E-state index is 8.61. The van der Waals surface area contributed by atoms with E-state index in [9.17, 15) is 0 Å². The second kappa shape index (κ2) is 1.42. The van der Waals surface area contributed by atoms with E-state index in [1.807, 2.05) is 7.05 Å². The van der Waals surface area contributed by atoms with Gasteiger partial charge in [0.15, 0.2) is 5.88 Å². The Kier molecular flexibility index (Phi) is 0.906. The third kappa shape index (κ3) is 0.838. The van der Waals surface area contributed by atoms with Crippen LogP contribution in [0.15, 0.2) is 12.0 Å². The molecular weight excluding hydrogens is 92.1 g/mol. The highest BCUT2D eigenvalue weighted by Gasteiger charge is 2.03. The molecule has 0 radical (unpaired) electrons. The number of aliphatic hydroxyl groups excluding tert-OH is 1. The summed E-state index contributed by atoms with van der Waals surface area (Å²) in [5.74, 6) is 0.252. The average molecular weight is 100 g/mol. The van der Waals surface area contributed by atoms with Gasteiger partial charge in [-0.05, 0) is 6.08 Å². The van der Waals surface area contributed by atoms with Crippen molar-refractivity contribution in [2.24, 2.45) is 0 Å². The topological polar surface area (TPSA) is 35.5 Å². The van der Waals surface area contributed by atoms with E-state index in [-0.39, 0.29) is 5.88 Å². The molecule has 1 aliphatic heterocycles. The molecule has 0 aromatic heterocycles. The van der Waals surface area contributed by atoms with Crippen LogP contribution >= 0.6 is 0 Å². The Labute approximate surface area is 42.2 Å². The highest BCUT2D eigenvalue weighted by atomic mass is 16.3. The van der Waals surface area contributed by atoms with Gasteiger partial charge in [-0.1, -0.05) is 0 Å². The average Bonchev–Trinajstić information content (AvgIpc) is 1.87. The fourth-order valence-electron chi connectivity index (χ4n) is 0.510. The first-order valence-electron chi connectivity index (χ1n) is 2.16. The van der Waals surface area contributed by atoms with E-state index >= 15 is 0 Å². The van der Waals surface area contributed by atoms with Crippen LogP contribution in [0.2, 0.25) is 0 Å². The van der Waals surface area contributed by atoms with E-state index < -0.39 is 0 Å². The van der Waals surface area contributed by atoms with Crippen molar-refractivity contribution in [3.8, 4) is 0 Å². The maximum absolute atomic E-state index is 8.61. The van der Waals surface area contributed by atoms with Crippen LogP contribution in [-0.2, 0) is 0 Å². The zero-order valence-corrected chi connectivity index (χ0v) is 4.18. The van der Waals surface area contributed by atoms with Crippen LogP contribution in [-0.4, -0.2) is 23.7 Å². The van der Waals surface area contributed by atoms with Crippen LogP contribution in [0.1, 0.15) is 0 Å². The van der Waals surface area contributed by atoms with Gasteiger partial charge in [-0.25, -0.2) is 5.01 Å². The second-order valence-electron chi connectivity index (χ2n) is 1.58. The number of nitrogens with one attached hydrogen (secondary N) is 1. The monoisotopic (exact) mass is 100 g/mol. The highest BCUT2D eigenvalue weighted by Crippen LogP contribution is 1.92. The van der Waals surface area contributed by atoms with Crippen LogP contribution in [0.25, 0.3) is 0 Å². The zero-order chi connectivity index (χ0) is 5.28. The number of hydrogen-bond acceptors (Lipinski definition) is 3. The first kappa shape index (κ1) is 4.46. The van der Waals surface area contributed by atoms with Crippen LogP contribution in [0, 0.1) is 0 Å². The molecule has 3 nitrogen and oxygen atoms in total. The lowest BCUT2D eigenvalue weighted by Crippen LogP contribution is -2.26. The first-order valence-corrected chi connectivity index (χ1v) is 2.16. The first-order chi connectivity index (χ1) is 3.29. The van der Waals surface area contributed by atoms with Gasteiger partial charge in [0.1, 0.15) is 0 Å². The van der Waals surface area contributed by atoms with E-state index in [2.05, 4.69) is 5.43 Å². The molecule has 0 unspecified atom stereocenters. The van der Waals surface area contributed by atoms with Gasteiger partial charge in [-0.2, -0.15) is 0 Å². The van der Waals surface area contributed by atoms with Crippen LogP contribution in [0.5, 0.6) is 0 Å². The number of likely N-dealkylation sites (N-methyl/N-ethyl adjacent to an activating group) is 1. The molecule has 1 heterocycles. The standard InChI is InChI=1S/C4H8N2O/c1-6-3-2-4(7)5-6/h2,5,7H,3H2,1H3. The maximum Gasteiger partial charge on any atom is 0.196 e. The molecule has 0 saturated heterocycles. The Morgan fingerprint density at radius 3 is 2.86 bits per heavy atom. The summed E-state index contributed by atoms with van der Waals surface area (Å²) in [6, 6.07) is 0. The summed E-state index contributed by atoms with van der Waals surface area (Å²) in [6.45, 7) is 0.784. The van der Waals surface area contributed by atoms with Crippen LogP contribution in [0.3, 0.4) is 0 Å². The van der Waals surface area contributed by atoms with E-state index in [1.54, 1.807) is 11.1 Å². The minimum Gasteiger partial charge on any atom is -0.494 e. The van der Waals surface area contributed by atoms with E-state index in [1.165, 1.54) is 0 Å². The number of hydrogen-bond donors (Lipinski definition) is 2. The third-order valence-corrected chi connectivity index (χ3v) is 0.864. The lowest BCUT2D eigenvalue weighted by atomic mass is 10.6. The number of aliphatic hydroxyl groups is 1. The molecule has 0 aliphatic carbocycles. The Morgan fingerprint density at radius 1 is 2.00 bits per heavy atom. The number of hydrazine groups is 1. The fourth-order valence-corrected chi connectivity index (χ4v) is 0.510. The summed E-state index contributed by atoms with van der Waals surface area (Å²) in [4.78, 5) is 0. The van der Waals surface area contributed by atoms with E-state index in [0.717, 1.165) is 6.54 Å². The molecule has 0 bridgehead atoms. The molecule has 1 rings (SSSR count). The molecule has 1 aliphatic rings. The van der Waals surface area contributed by atoms with Crippen molar-refractivity contribution in [1.82, 2.24) is 10.4 Å². The smallest absolute Gasteiger partial charge is 0.196 e. The summed E-state index contributed by atoms with van der Waals surface area (Å²) in [6.07, 6.45) is 1.71. The predicted octanol–water partition coefficient (Wildman–Crippen LogP) is -0.164. The van der Waals surface area contributed by atoms with Crippen molar-refractivity contribution in [2.45, 2.75) is 0 Å². The number of rotatable bonds is 0. The van der Waals surface area contributed by atoms with Gasteiger partial charge in [0.25, 0.3) is 0 Å². The molecule has 40 valence electrons. The van der Waals surface area contributed by atoms with Gasteiger partial charge < -0.3 is 5.11 Å². The minimum atomic E-state index is 0.252. The summed E-state index contributed by atoms with van der Waals surface area (Å²) in [5, 5.41) is 10.4. The lowest BCUT2D eigenvalue weighted by molar-refractivity contribution is 0.251. The van der Waals surface area contributed by atoms with Gasteiger partial charge in [0.05, 0.1) is 0 Å². The normalized spacial score (nSPS) is 21.6. The summed E-state index contributed by atoms with van der Waals surface area (Å²) < 4.78 is 0. The molecule has 0 spiro atoms. The molecule has 0 atom stereocenters. The van der Waals surface area contributed by atoms with Crippen molar-refractivity contribution in [2.75, 3.05) is 13.6 Å². The van der Waals surface area contributed by atoms with Gasteiger partial charge >= 0.3 is 0 Å². The van der Waals surface area contributed by atoms with Crippen molar-refractivity contribution in [3.05, 3.63) is 12.0 Å². The van der Waals surface area contributed by atoms with E-state index in [4.69, 9.17) is 5.11 Å². The number of nitrogens with zero attached hydrogens (tertiary/aromatic N) is 1. The van der Waals surface area contributed by atoms with E-state index in [0.29, 0.717) is 0 Å². The summed E-state index contributed by atoms with van der Waals surface area (Å²) in [7, 11) is 1.86. The molecule has 3 heteroatoms. The third-order valence-electron chi connectivity index (χ3n) is 0.864. The molecule has 0 aromatic rings. The zero-order valence-electron chi connectivity index (χ0n) is 4.18. The second-order valence-corrected chi connectivity index (χ2v) is 1.58. The fraction of sp³-hybridized carbons (Fsp3) is 0.500. The Hall–Kier alpha value is -0.700. The van der Waals surface area contributed by atoms with Crippen molar-refractivity contribution in [3.63, 3.8) is 0 Å². The molecule has 0 fully saturated rings. The van der Waals surface area contributed by atoms with Gasteiger partial charge in [0, 0.05) is 13.6 Å². The molecule has 0 amide bonds. The van der Waals surface area contributed by atoms with Gasteiger partial charge in [-0.3, -0.25) is 5.43 Å². The van der Waals surface area contributed by atoms with Gasteiger partial charge in [-0.15, -0.1) is 0 Å². The van der Waals surface area contributed by atoms with Crippen LogP contribution < -0.4 is 5.43 Å². The van der Waals surface area contributed by atoms with Crippen LogP contribution in [0.4, 0.5) is 0 Å². The molecule has 7 heavy (non-hydrogen) atoms. The Balaban J connectivity index is 2.42. The summed E-state index contributed by atoms with van der Waals surface area (Å²) in [5.41, 5.74) is 2.67. The quantitative estimate of drug-likeness (QED) is 0.444. The molecule has 0 saturated carbocycles. The summed E-state index contributed by atoms with van der Waals surface area (Å²) >= 11 is 0. The Morgan fingerprint density at radius 2 is 2.71 bits per heavy atom. The Bertz CT molecular complexity index is 99.9.